The molecule has 1 aromatic rings. The van der Waals surface area contributed by atoms with Crippen LogP contribution in [0.5, 0.6) is 0 Å². The van der Waals surface area contributed by atoms with Gasteiger partial charge in [-0.2, -0.15) is 0 Å². The SMILES string of the molecule is Cc1nnc(SCCCN2C(N3CCC(C(N)=O)CC3)=NC3C2C(=O)NC(=O)N3C)s1. The maximum atomic E-state index is 12.7. The quantitative estimate of drug-likeness (QED) is 0.444. The summed E-state index contributed by atoms with van der Waals surface area (Å²) >= 11 is 3.21. The van der Waals surface area contributed by atoms with Crippen LogP contribution in [0.15, 0.2) is 9.33 Å². The Kier molecular flexibility index (Phi) is 6.32. The number of likely N-dealkylation sites (tertiary alicyclic amines) is 1. The van der Waals surface area contributed by atoms with Crippen LogP contribution in [0.2, 0.25) is 0 Å². The Balaban J connectivity index is 1.46. The largest absolute Gasteiger partial charge is 0.369 e. The number of hydrogen-bond donors (Lipinski definition) is 2. The van der Waals surface area contributed by atoms with Gasteiger partial charge in [0.05, 0.1) is 0 Å². The number of primary amides is 1. The van der Waals surface area contributed by atoms with Crippen LogP contribution in [-0.2, 0) is 9.59 Å². The van der Waals surface area contributed by atoms with Gasteiger partial charge in [-0.3, -0.25) is 14.9 Å². The molecule has 4 amide bonds. The number of rotatable bonds is 6. The van der Waals surface area contributed by atoms with Crippen molar-refractivity contribution >= 4 is 46.9 Å². The molecule has 2 saturated heterocycles. The van der Waals surface area contributed by atoms with Gasteiger partial charge < -0.3 is 20.4 Å². The Morgan fingerprint density at radius 2 is 2.03 bits per heavy atom. The number of guanidine groups is 1. The topological polar surface area (TPSA) is 137 Å². The number of likely N-dealkylation sites (N-methyl/N-ethyl adjacent to an activating group) is 1. The molecule has 11 nitrogen and oxygen atoms in total. The number of piperidine rings is 1. The number of nitrogens with one attached hydrogen (secondary N) is 1. The number of hydrogen-bond acceptors (Lipinski definition) is 10. The van der Waals surface area contributed by atoms with E-state index in [1.807, 2.05) is 11.8 Å². The van der Waals surface area contributed by atoms with E-state index in [2.05, 4.69) is 20.4 Å². The molecule has 2 atom stereocenters. The van der Waals surface area contributed by atoms with E-state index in [9.17, 15) is 14.4 Å². The van der Waals surface area contributed by atoms with Crippen molar-refractivity contribution in [1.82, 2.24) is 30.2 Å². The van der Waals surface area contributed by atoms with Crippen molar-refractivity contribution in [3.8, 4) is 0 Å². The smallest absolute Gasteiger partial charge is 0.325 e. The molecule has 168 valence electrons. The average molecular weight is 467 g/mol. The summed E-state index contributed by atoms with van der Waals surface area (Å²) in [5, 5.41) is 11.5. The number of amides is 4. The lowest BCUT2D eigenvalue weighted by atomic mass is 9.96. The van der Waals surface area contributed by atoms with Crippen molar-refractivity contribution < 1.29 is 14.4 Å². The molecule has 0 bridgehead atoms. The lowest BCUT2D eigenvalue weighted by molar-refractivity contribution is -0.127. The fourth-order valence-corrected chi connectivity index (χ4v) is 5.92. The molecule has 0 spiro atoms. The van der Waals surface area contributed by atoms with E-state index in [0.717, 1.165) is 21.5 Å². The minimum Gasteiger partial charge on any atom is -0.369 e. The zero-order valence-corrected chi connectivity index (χ0v) is 19.1. The van der Waals surface area contributed by atoms with Crippen LogP contribution < -0.4 is 11.1 Å². The van der Waals surface area contributed by atoms with Crippen LogP contribution in [0, 0.1) is 12.8 Å². The number of nitrogens with zero attached hydrogens (tertiary/aromatic N) is 6. The maximum Gasteiger partial charge on any atom is 0.325 e. The second kappa shape index (κ2) is 8.99. The monoisotopic (exact) mass is 466 g/mol. The number of urea groups is 1. The van der Waals surface area contributed by atoms with Crippen molar-refractivity contribution in [3.63, 3.8) is 0 Å². The first-order valence-electron chi connectivity index (χ1n) is 10.2. The van der Waals surface area contributed by atoms with Crippen molar-refractivity contribution in [2.75, 3.05) is 32.4 Å². The summed E-state index contributed by atoms with van der Waals surface area (Å²) in [7, 11) is 1.65. The highest BCUT2D eigenvalue weighted by atomic mass is 32.2. The van der Waals surface area contributed by atoms with Crippen LogP contribution in [0.3, 0.4) is 0 Å². The molecule has 31 heavy (non-hydrogen) atoms. The van der Waals surface area contributed by atoms with Crippen molar-refractivity contribution in [2.24, 2.45) is 16.6 Å². The van der Waals surface area contributed by atoms with E-state index >= 15 is 0 Å². The first kappa shape index (κ1) is 21.8. The van der Waals surface area contributed by atoms with E-state index in [-0.39, 0.29) is 17.7 Å². The predicted molar refractivity (Wildman–Crippen MR) is 116 cm³/mol. The Hall–Kier alpha value is -2.41. The second-order valence-electron chi connectivity index (χ2n) is 7.84. The Labute approximate surface area is 188 Å². The van der Waals surface area contributed by atoms with Gasteiger partial charge in [0.15, 0.2) is 22.5 Å². The van der Waals surface area contributed by atoms with Gasteiger partial charge in [0.25, 0.3) is 5.91 Å². The third-order valence-electron chi connectivity index (χ3n) is 5.80. The van der Waals surface area contributed by atoms with E-state index in [1.54, 1.807) is 30.1 Å². The number of fused-ring (bicyclic) bond motifs is 1. The number of aromatic nitrogens is 2. The molecule has 0 aliphatic carbocycles. The van der Waals surface area contributed by atoms with Crippen LogP contribution in [-0.4, -0.2) is 93.3 Å². The molecular weight excluding hydrogens is 440 g/mol. The first-order valence-corrected chi connectivity index (χ1v) is 12.0. The third-order valence-corrected chi connectivity index (χ3v) is 7.85. The van der Waals surface area contributed by atoms with Gasteiger partial charge in [-0.05, 0) is 26.2 Å². The van der Waals surface area contributed by atoms with Crippen molar-refractivity contribution in [2.45, 2.75) is 42.7 Å². The van der Waals surface area contributed by atoms with Crippen LogP contribution >= 0.6 is 23.1 Å². The summed E-state index contributed by atoms with van der Waals surface area (Å²) in [6.45, 7) is 3.83. The predicted octanol–water partition coefficient (Wildman–Crippen LogP) is 0.0739. The summed E-state index contributed by atoms with van der Waals surface area (Å²) in [6.07, 6.45) is 1.58. The summed E-state index contributed by atoms with van der Waals surface area (Å²) in [6, 6.07) is -0.994. The van der Waals surface area contributed by atoms with E-state index in [4.69, 9.17) is 10.7 Å². The summed E-state index contributed by atoms with van der Waals surface area (Å²) in [5.41, 5.74) is 5.46. The van der Waals surface area contributed by atoms with E-state index in [0.29, 0.717) is 38.4 Å². The molecule has 3 aliphatic heterocycles. The van der Waals surface area contributed by atoms with Gasteiger partial charge in [-0.25, -0.2) is 9.79 Å². The lowest BCUT2D eigenvalue weighted by Crippen LogP contribution is -2.64. The molecule has 0 aromatic carbocycles. The third kappa shape index (κ3) is 4.47. The number of imide groups is 1. The van der Waals surface area contributed by atoms with Gasteiger partial charge in [0.1, 0.15) is 5.01 Å². The minimum atomic E-state index is -0.555. The normalized spacial score (nSPS) is 24.3. The maximum absolute atomic E-state index is 12.7. The fourth-order valence-electron chi connectivity index (χ4n) is 4.11. The molecule has 2 unspecified atom stereocenters. The Morgan fingerprint density at radius 1 is 1.29 bits per heavy atom. The number of aliphatic imine (C=N–C) groups is 1. The van der Waals surface area contributed by atoms with Crippen LogP contribution in [0.1, 0.15) is 24.3 Å². The van der Waals surface area contributed by atoms with Crippen molar-refractivity contribution in [3.05, 3.63) is 5.01 Å². The zero-order valence-electron chi connectivity index (χ0n) is 17.5. The summed E-state index contributed by atoms with van der Waals surface area (Å²) in [4.78, 5) is 46.7. The molecule has 4 heterocycles. The number of thioether (sulfide) groups is 1. The molecular formula is C18H26N8O3S2. The molecule has 0 radical (unpaired) electrons. The molecule has 4 rings (SSSR count). The summed E-state index contributed by atoms with van der Waals surface area (Å²) in [5.74, 6) is 0.814. The van der Waals surface area contributed by atoms with Gasteiger partial charge in [0.2, 0.25) is 5.91 Å². The zero-order chi connectivity index (χ0) is 22.1. The first-order chi connectivity index (χ1) is 14.8. The van der Waals surface area contributed by atoms with E-state index in [1.165, 1.54) is 4.90 Å². The van der Waals surface area contributed by atoms with E-state index < -0.39 is 18.2 Å². The van der Waals surface area contributed by atoms with Gasteiger partial charge in [-0.1, -0.05) is 23.1 Å². The Morgan fingerprint density at radius 3 is 2.68 bits per heavy atom. The van der Waals surface area contributed by atoms with Crippen molar-refractivity contribution in [1.29, 1.82) is 0 Å². The van der Waals surface area contributed by atoms with Gasteiger partial charge >= 0.3 is 6.03 Å². The molecule has 0 saturated carbocycles. The molecule has 3 N–H and O–H groups in total. The number of carbonyl (C=O) groups is 3. The van der Waals surface area contributed by atoms with Crippen LogP contribution in [0.4, 0.5) is 4.79 Å². The highest BCUT2D eigenvalue weighted by Crippen LogP contribution is 2.29. The lowest BCUT2D eigenvalue weighted by Gasteiger charge is -2.39. The number of carbonyl (C=O) groups excluding carboxylic acids is 3. The molecule has 13 heteroatoms. The molecule has 2 fully saturated rings. The Bertz CT molecular complexity index is 898. The number of aryl methyl sites for hydroxylation is 1. The molecule has 1 aromatic heterocycles. The standard InChI is InChI=1S/C18H26N8O3S2/c1-10-22-23-18(31-10)30-9-3-6-26-12-14(24(2)17(29)21-15(12)28)20-16(26)25-7-4-11(5-8-25)13(19)27/h11-12,14H,3-9H2,1-2H3,(H2,19,27)(H,21,28,29). The van der Waals surface area contributed by atoms with Gasteiger partial charge in [0, 0.05) is 38.4 Å². The average Bonchev–Trinajstić information content (AvgIpc) is 3.33. The summed E-state index contributed by atoms with van der Waals surface area (Å²) < 4.78 is 0.931. The highest BCUT2D eigenvalue weighted by Gasteiger charge is 2.49. The fraction of sp³-hybridized carbons (Fsp3) is 0.667. The van der Waals surface area contributed by atoms with Crippen LogP contribution in [0.25, 0.3) is 0 Å². The molecule has 3 aliphatic rings. The number of nitrogens with two attached hydrogens (primary N) is 1. The minimum absolute atomic E-state index is 0.131. The van der Waals surface area contributed by atoms with Gasteiger partial charge in [-0.15, -0.1) is 10.2 Å². The highest BCUT2D eigenvalue weighted by molar-refractivity contribution is 8.01. The second-order valence-corrected chi connectivity index (χ2v) is 10.4.